The van der Waals surface area contributed by atoms with Crippen molar-refractivity contribution in [2.75, 3.05) is 13.7 Å². The lowest BCUT2D eigenvalue weighted by Crippen LogP contribution is -2.24. The van der Waals surface area contributed by atoms with Crippen LogP contribution in [0.5, 0.6) is 11.5 Å². The second-order valence-corrected chi connectivity index (χ2v) is 5.56. The van der Waals surface area contributed by atoms with Gasteiger partial charge in [-0.25, -0.2) is 0 Å². The van der Waals surface area contributed by atoms with Crippen molar-refractivity contribution in [2.24, 2.45) is 11.7 Å². The number of ether oxygens (including phenoxy) is 2. The first-order chi connectivity index (χ1) is 10.7. The molecular weight excluding hydrogens is 278 g/mol. The Morgan fingerprint density at radius 1 is 1.27 bits per heavy atom. The molecule has 0 fully saturated rings. The van der Waals surface area contributed by atoms with E-state index in [4.69, 9.17) is 15.2 Å². The number of primary amides is 1. The lowest BCUT2D eigenvalue weighted by molar-refractivity contribution is 0.0999. The highest BCUT2D eigenvalue weighted by molar-refractivity contribution is 5.94. The smallest absolute Gasteiger partial charge is 0.248 e. The van der Waals surface area contributed by atoms with E-state index >= 15 is 0 Å². The van der Waals surface area contributed by atoms with Gasteiger partial charge in [0, 0.05) is 11.5 Å². The first-order valence-corrected chi connectivity index (χ1v) is 7.35. The number of carbonyl (C=O) groups is 1. The quantitative estimate of drug-likeness (QED) is 0.943. The molecule has 2 aromatic rings. The predicted octanol–water partition coefficient (Wildman–Crippen LogP) is 2.59. The zero-order chi connectivity index (χ0) is 15.5. The maximum atomic E-state index is 11.5. The molecule has 1 heterocycles. The molecule has 1 aliphatic heterocycles. The van der Waals surface area contributed by atoms with Gasteiger partial charge in [0.15, 0.2) is 11.5 Å². The average Bonchev–Trinajstić information content (AvgIpc) is 2.54. The molecule has 0 radical (unpaired) electrons. The standard InChI is InChI=1S/C18H19NO3/c1-21-16-8-4-6-14-10-12(11-22-17(14)16)9-13-5-2-3-7-15(13)18(19)20/h2-8,12H,9-11H2,1H3,(H2,19,20)/t12-/m1/s1. The lowest BCUT2D eigenvalue weighted by Gasteiger charge is -2.27. The zero-order valence-corrected chi connectivity index (χ0v) is 12.5. The molecule has 2 N–H and O–H groups in total. The molecule has 2 aromatic carbocycles. The van der Waals surface area contributed by atoms with Crippen molar-refractivity contribution in [2.45, 2.75) is 12.8 Å². The number of benzene rings is 2. The van der Waals surface area contributed by atoms with Gasteiger partial charge in [-0.1, -0.05) is 30.3 Å². The van der Waals surface area contributed by atoms with Gasteiger partial charge in [0.1, 0.15) is 0 Å². The van der Waals surface area contributed by atoms with E-state index in [0.29, 0.717) is 18.1 Å². The normalized spacial score (nSPS) is 16.5. The Morgan fingerprint density at radius 2 is 2.09 bits per heavy atom. The molecule has 3 rings (SSSR count). The summed E-state index contributed by atoms with van der Waals surface area (Å²) in [4.78, 5) is 11.5. The number of hydrogen-bond acceptors (Lipinski definition) is 3. The number of carbonyl (C=O) groups excluding carboxylic acids is 1. The van der Waals surface area contributed by atoms with Crippen LogP contribution in [0.15, 0.2) is 42.5 Å². The summed E-state index contributed by atoms with van der Waals surface area (Å²) in [6.07, 6.45) is 1.68. The van der Waals surface area contributed by atoms with Crippen LogP contribution in [0.25, 0.3) is 0 Å². The zero-order valence-electron chi connectivity index (χ0n) is 12.5. The third kappa shape index (κ3) is 2.77. The van der Waals surface area contributed by atoms with Crippen LogP contribution in [0.1, 0.15) is 21.5 Å². The first kappa shape index (κ1) is 14.4. The van der Waals surface area contributed by atoms with Crippen LogP contribution >= 0.6 is 0 Å². The van der Waals surface area contributed by atoms with Gasteiger partial charge < -0.3 is 15.2 Å². The molecule has 1 amide bonds. The molecular formula is C18H19NO3. The van der Waals surface area contributed by atoms with Crippen LogP contribution in [0.4, 0.5) is 0 Å². The minimum atomic E-state index is -0.380. The molecule has 4 nitrogen and oxygen atoms in total. The summed E-state index contributed by atoms with van der Waals surface area (Å²) >= 11 is 0. The number of amides is 1. The fourth-order valence-corrected chi connectivity index (χ4v) is 3.00. The van der Waals surface area contributed by atoms with Crippen molar-refractivity contribution >= 4 is 5.91 Å². The second-order valence-electron chi connectivity index (χ2n) is 5.56. The maximum Gasteiger partial charge on any atom is 0.248 e. The Hall–Kier alpha value is -2.49. The van der Waals surface area contributed by atoms with Crippen molar-refractivity contribution in [3.05, 3.63) is 59.2 Å². The van der Waals surface area contributed by atoms with Gasteiger partial charge in [-0.3, -0.25) is 4.79 Å². The Morgan fingerprint density at radius 3 is 2.86 bits per heavy atom. The van der Waals surface area contributed by atoms with E-state index in [1.807, 2.05) is 30.3 Å². The number of hydrogen-bond donors (Lipinski definition) is 1. The Bertz CT molecular complexity index is 696. The van der Waals surface area contributed by atoms with Crippen molar-refractivity contribution in [1.29, 1.82) is 0 Å². The third-order valence-corrected chi connectivity index (χ3v) is 4.04. The van der Waals surface area contributed by atoms with Crippen LogP contribution in [-0.2, 0) is 12.8 Å². The molecule has 0 aromatic heterocycles. The number of para-hydroxylation sites is 1. The number of nitrogens with two attached hydrogens (primary N) is 1. The molecule has 1 aliphatic rings. The Balaban J connectivity index is 1.80. The van der Waals surface area contributed by atoms with E-state index in [1.165, 1.54) is 0 Å². The summed E-state index contributed by atoms with van der Waals surface area (Å²) in [6.45, 7) is 0.612. The number of fused-ring (bicyclic) bond motifs is 1. The van der Waals surface area contributed by atoms with Crippen LogP contribution < -0.4 is 15.2 Å². The SMILES string of the molecule is COc1cccc2c1OC[C@H](Cc1ccccc1C(N)=O)C2. The predicted molar refractivity (Wildman–Crippen MR) is 84.3 cm³/mol. The average molecular weight is 297 g/mol. The van der Waals surface area contributed by atoms with Crippen molar-refractivity contribution in [1.82, 2.24) is 0 Å². The summed E-state index contributed by atoms with van der Waals surface area (Å²) in [5, 5.41) is 0. The molecule has 1 atom stereocenters. The van der Waals surface area contributed by atoms with Crippen LogP contribution in [0.2, 0.25) is 0 Å². The number of methoxy groups -OCH3 is 1. The van der Waals surface area contributed by atoms with Gasteiger partial charge in [-0.15, -0.1) is 0 Å². The van der Waals surface area contributed by atoms with Gasteiger partial charge >= 0.3 is 0 Å². The van der Waals surface area contributed by atoms with E-state index in [2.05, 4.69) is 6.07 Å². The second kappa shape index (κ2) is 6.10. The third-order valence-electron chi connectivity index (χ3n) is 4.04. The van der Waals surface area contributed by atoms with E-state index in [0.717, 1.165) is 35.5 Å². The van der Waals surface area contributed by atoms with Gasteiger partial charge in [0.25, 0.3) is 0 Å². The van der Waals surface area contributed by atoms with Crippen molar-refractivity contribution in [3.63, 3.8) is 0 Å². The highest BCUT2D eigenvalue weighted by Gasteiger charge is 2.23. The molecule has 4 heteroatoms. The van der Waals surface area contributed by atoms with E-state index in [-0.39, 0.29) is 5.91 Å². The minimum Gasteiger partial charge on any atom is -0.493 e. The van der Waals surface area contributed by atoms with E-state index in [9.17, 15) is 4.79 Å². The van der Waals surface area contributed by atoms with Crippen LogP contribution in [-0.4, -0.2) is 19.6 Å². The largest absolute Gasteiger partial charge is 0.493 e. The fraction of sp³-hybridized carbons (Fsp3) is 0.278. The van der Waals surface area contributed by atoms with Crippen LogP contribution in [0.3, 0.4) is 0 Å². The summed E-state index contributed by atoms with van der Waals surface area (Å²) in [5.74, 6) is 1.55. The molecule has 114 valence electrons. The topological polar surface area (TPSA) is 61.6 Å². The first-order valence-electron chi connectivity index (χ1n) is 7.35. The lowest BCUT2D eigenvalue weighted by atomic mass is 9.89. The Labute approximate surface area is 129 Å². The summed E-state index contributed by atoms with van der Waals surface area (Å²) in [7, 11) is 1.65. The van der Waals surface area contributed by atoms with Crippen molar-refractivity contribution in [3.8, 4) is 11.5 Å². The monoisotopic (exact) mass is 297 g/mol. The Kier molecular flexibility index (Phi) is 4.00. The molecule has 0 saturated heterocycles. The molecule has 0 spiro atoms. The number of rotatable bonds is 4. The summed E-state index contributed by atoms with van der Waals surface area (Å²) in [6, 6.07) is 13.4. The van der Waals surface area contributed by atoms with Crippen molar-refractivity contribution < 1.29 is 14.3 Å². The van der Waals surface area contributed by atoms with E-state index in [1.54, 1.807) is 13.2 Å². The highest BCUT2D eigenvalue weighted by Crippen LogP contribution is 2.36. The maximum absolute atomic E-state index is 11.5. The molecule has 0 unspecified atom stereocenters. The fourth-order valence-electron chi connectivity index (χ4n) is 3.00. The van der Waals surface area contributed by atoms with E-state index < -0.39 is 0 Å². The highest BCUT2D eigenvalue weighted by atomic mass is 16.5. The molecule has 0 aliphatic carbocycles. The van der Waals surface area contributed by atoms with Gasteiger partial charge in [0.05, 0.1) is 13.7 Å². The van der Waals surface area contributed by atoms with Gasteiger partial charge in [0.2, 0.25) is 5.91 Å². The van der Waals surface area contributed by atoms with Crippen LogP contribution in [0, 0.1) is 5.92 Å². The molecule has 0 saturated carbocycles. The van der Waals surface area contributed by atoms with Gasteiger partial charge in [-0.05, 0) is 36.1 Å². The minimum absolute atomic E-state index is 0.320. The molecule has 0 bridgehead atoms. The summed E-state index contributed by atoms with van der Waals surface area (Å²) < 4.78 is 11.2. The molecule has 22 heavy (non-hydrogen) atoms. The van der Waals surface area contributed by atoms with Gasteiger partial charge in [-0.2, -0.15) is 0 Å². The summed E-state index contributed by atoms with van der Waals surface area (Å²) in [5.41, 5.74) is 8.17.